The van der Waals surface area contributed by atoms with Gasteiger partial charge in [0.05, 0.1) is 12.7 Å². The quantitative estimate of drug-likeness (QED) is 0.791. The highest BCUT2D eigenvalue weighted by molar-refractivity contribution is 6.31. The molecule has 0 aliphatic rings. The molecule has 0 saturated carbocycles. The number of hydrogen-bond acceptors (Lipinski definition) is 3. The summed E-state index contributed by atoms with van der Waals surface area (Å²) in [5, 5.41) is 0.670. The molecule has 2 rings (SSSR count). The van der Waals surface area contributed by atoms with Gasteiger partial charge in [-0.2, -0.15) is 0 Å². The summed E-state index contributed by atoms with van der Waals surface area (Å²) in [6.07, 6.45) is -0.238. The minimum atomic E-state index is -0.238. The molecule has 0 aliphatic heterocycles. The van der Waals surface area contributed by atoms with Crippen molar-refractivity contribution in [2.24, 2.45) is 5.73 Å². The van der Waals surface area contributed by atoms with Crippen LogP contribution in [0.4, 0.5) is 0 Å². The van der Waals surface area contributed by atoms with Crippen molar-refractivity contribution in [2.45, 2.75) is 19.1 Å². The second kappa shape index (κ2) is 8.03. The van der Waals surface area contributed by atoms with E-state index in [1.165, 1.54) is 0 Å². The first-order valence-corrected chi connectivity index (χ1v) is 7.35. The fourth-order valence-electron chi connectivity index (χ4n) is 2.08. The summed E-state index contributed by atoms with van der Waals surface area (Å²) in [5.41, 5.74) is 6.92. The average Bonchev–Trinajstić information content (AvgIpc) is 2.49. The van der Waals surface area contributed by atoms with Crippen molar-refractivity contribution in [1.82, 2.24) is 0 Å². The third-order valence-electron chi connectivity index (χ3n) is 3.08. The van der Waals surface area contributed by atoms with E-state index in [9.17, 15) is 0 Å². The van der Waals surface area contributed by atoms with E-state index >= 15 is 0 Å². The molecule has 0 amide bonds. The standard InChI is InChI=1S/C17H20ClNO2/c1-13(19)17(15-9-5-6-10-16(15)18)21-12-11-20-14-7-3-2-4-8-14/h2-10,13,17H,11-12,19H2,1H3. The zero-order valence-corrected chi connectivity index (χ0v) is 12.8. The number of rotatable bonds is 7. The Balaban J connectivity index is 1.88. The summed E-state index contributed by atoms with van der Waals surface area (Å²) < 4.78 is 11.5. The highest BCUT2D eigenvalue weighted by atomic mass is 35.5. The molecule has 21 heavy (non-hydrogen) atoms. The van der Waals surface area contributed by atoms with Crippen LogP contribution in [-0.2, 0) is 4.74 Å². The Morgan fingerprint density at radius 1 is 1.00 bits per heavy atom. The molecule has 0 heterocycles. The van der Waals surface area contributed by atoms with Crippen LogP contribution in [0, 0.1) is 0 Å². The average molecular weight is 306 g/mol. The summed E-state index contributed by atoms with van der Waals surface area (Å²) in [5.74, 6) is 0.830. The topological polar surface area (TPSA) is 44.5 Å². The molecule has 2 atom stereocenters. The normalized spacial score (nSPS) is 13.7. The Morgan fingerprint density at radius 2 is 1.67 bits per heavy atom. The molecule has 2 aromatic rings. The van der Waals surface area contributed by atoms with Crippen molar-refractivity contribution in [2.75, 3.05) is 13.2 Å². The van der Waals surface area contributed by atoms with Gasteiger partial charge in [-0.15, -0.1) is 0 Å². The molecule has 4 heteroatoms. The van der Waals surface area contributed by atoms with E-state index in [1.807, 2.05) is 61.5 Å². The summed E-state index contributed by atoms with van der Waals surface area (Å²) in [6.45, 7) is 2.83. The lowest BCUT2D eigenvalue weighted by Gasteiger charge is -2.23. The molecular weight excluding hydrogens is 286 g/mol. The van der Waals surface area contributed by atoms with Crippen molar-refractivity contribution in [1.29, 1.82) is 0 Å². The van der Waals surface area contributed by atoms with Gasteiger partial charge in [-0.3, -0.25) is 0 Å². The van der Waals surface area contributed by atoms with Crippen LogP contribution in [-0.4, -0.2) is 19.3 Å². The van der Waals surface area contributed by atoms with Gasteiger partial charge >= 0.3 is 0 Å². The van der Waals surface area contributed by atoms with Crippen LogP contribution in [0.3, 0.4) is 0 Å². The van der Waals surface area contributed by atoms with Crippen molar-refractivity contribution < 1.29 is 9.47 Å². The molecule has 2 N–H and O–H groups in total. The maximum absolute atomic E-state index is 6.20. The molecule has 112 valence electrons. The van der Waals surface area contributed by atoms with E-state index in [1.54, 1.807) is 0 Å². The van der Waals surface area contributed by atoms with Gasteiger partial charge in [0.15, 0.2) is 0 Å². The van der Waals surface area contributed by atoms with E-state index in [0.29, 0.717) is 18.2 Å². The number of nitrogens with two attached hydrogens (primary N) is 1. The lowest BCUT2D eigenvalue weighted by atomic mass is 10.0. The first kappa shape index (κ1) is 15.8. The summed E-state index contributed by atoms with van der Waals surface area (Å²) in [6, 6.07) is 17.1. The SMILES string of the molecule is CC(N)C(OCCOc1ccccc1)c1ccccc1Cl. The molecule has 0 spiro atoms. The second-order valence-corrected chi connectivity index (χ2v) is 5.24. The van der Waals surface area contributed by atoms with Crippen LogP contribution in [0.2, 0.25) is 5.02 Å². The molecule has 0 saturated heterocycles. The molecule has 0 bridgehead atoms. The van der Waals surface area contributed by atoms with Crippen molar-refractivity contribution in [3.63, 3.8) is 0 Å². The van der Waals surface area contributed by atoms with E-state index in [4.69, 9.17) is 26.8 Å². The largest absolute Gasteiger partial charge is 0.491 e. The van der Waals surface area contributed by atoms with Crippen LogP contribution < -0.4 is 10.5 Å². The van der Waals surface area contributed by atoms with Gasteiger partial charge < -0.3 is 15.2 Å². The first-order valence-electron chi connectivity index (χ1n) is 6.98. The number of ether oxygens (including phenoxy) is 2. The van der Waals surface area contributed by atoms with E-state index < -0.39 is 0 Å². The Morgan fingerprint density at radius 3 is 2.33 bits per heavy atom. The third-order valence-corrected chi connectivity index (χ3v) is 3.43. The zero-order chi connectivity index (χ0) is 15.1. The second-order valence-electron chi connectivity index (χ2n) is 4.83. The van der Waals surface area contributed by atoms with Crippen molar-refractivity contribution in [3.05, 3.63) is 65.2 Å². The maximum atomic E-state index is 6.20. The minimum absolute atomic E-state index is 0.151. The number of benzene rings is 2. The smallest absolute Gasteiger partial charge is 0.119 e. The number of halogens is 1. The summed E-state index contributed by atoms with van der Waals surface area (Å²) in [4.78, 5) is 0. The highest BCUT2D eigenvalue weighted by Gasteiger charge is 2.19. The minimum Gasteiger partial charge on any atom is -0.491 e. The van der Waals surface area contributed by atoms with Crippen molar-refractivity contribution in [3.8, 4) is 5.75 Å². The van der Waals surface area contributed by atoms with Gasteiger partial charge in [0.1, 0.15) is 12.4 Å². The monoisotopic (exact) mass is 305 g/mol. The maximum Gasteiger partial charge on any atom is 0.119 e. The predicted octanol–water partition coefficient (Wildman–Crippen LogP) is 3.82. The van der Waals surface area contributed by atoms with Crippen LogP contribution >= 0.6 is 11.6 Å². The Labute approximate surface area is 130 Å². The molecular formula is C17H20ClNO2. The lowest BCUT2D eigenvalue weighted by Crippen LogP contribution is -2.28. The molecule has 2 unspecified atom stereocenters. The summed E-state index contributed by atoms with van der Waals surface area (Å²) >= 11 is 6.20. The third kappa shape index (κ3) is 4.74. The highest BCUT2D eigenvalue weighted by Crippen LogP contribution is 2.27. The fourth-order valence-corrected chi connectivity index (χ4v) is 2.33. The predicted molar refractivity (Wildman–Crippen MR) is 85.7 cm³/mol. The van der Waals surface area contributed by atoms with Gasteiger partial charge in [-0.05, 0) is 25.1 Å². The Hall–Kier alpha value is -1.55. The van der Waals surface area contributed by atoms with E-state index in [-0.39, 0.29) is 12.1 Å². The van der Waals surface area contributed by atoms with Gasteiger partial charge in [0.25, 0.3) is 0 Å². The van der Waals surface area contributed by atoms with Gasteiger partial charge in [-0.1, -0.05) is 48.0 Å². The molecule has 0 aromatic heterocycles. The Bertz CT molecular complexity index is 545. The number of para-hydroxylation sites is 1. The summed E-state index contributed by atoms with van der Waals surface area (Å²) in [7, 11) is 0. The van der Waals surface area contributed by atoms with E-state index in [0.717, 1.165) is 11.3 Å². The van der Waals surface area contributed by atoms with Crippen LogP contribution in [0.5, 0.6) is 5.75 Å². The molecule has 2 aromatic carbocycles. The van der Waals surface area contributed by atoms with Crippen molar-refractivity contribution >= 4 is 11.6 Å². The van der Waals surface area contributed by atoms with Crippen LogP contribution in [0.1, 0.15) is 18.6 Å². The molecule has 0 fully saturated rings. The van der Waals surface area contributed by atoms with Gasteiger partial charge in [0.2, 0.25) is 0 Å². The van der Waals surface area contributed by atoms with Gasteiger partial charge in [-0.25, -0.2) is 0 Å². The van der Waals surface area contributed by atoms with Gasteiger partial charge in [0, 0.05) is 16.6 Å². The van der Waals surface area contributed by atoms with E-state index in [2.05, 4.69) is 0 Å². The molecule has 0 radical (unpaired) electrons. The molecule has 0 aliphatic carbocycles. The first-order chi connectivity index (χ1) is 10.2. The zero-order valence-electron chi connectivity index (χ0n) is 12.0. The fraction of sp³-hybridized carbons (Fsp3) is 0.294. The number of hydrogen-bond donors (Lipinski definition) is 1. The van der Waals surface area contributed by atoms with Crippen LogP contribution in [0.25, 0.3) is 0 Å². The lowest BCUT2D eigenvalue weighted by molar-refractivity contribution is 0.0209. The Kier molecular flexibility index (Phi) is 6.05. The molecule has 3 nitrogen and oxygen atoms in total. The van der Waals surface area contributed by atoms with Crippen LogP contribution in [0.15, 0.2) is 54.6 Å².